The quantitative estimate of drug-likeness (QED) is 0.0516. The summed E-state index contributed by atoms with van der Waals surface area (Å²) in [7, 11) is 0. The van der Waals surface area contributed by atoms with Crippen molar-refractivity contribution in [1.29, 1.82) is 0 Å². The first-order valence-electron chi connectivity index (χ1n) is 34.9. The summed E-state index contributed by atoms with van der Waals surface area (Å²) >= 11 is 29.6. The fourth-order valence-corrected chi connectivity index (χ4v) is 13.3. The van der Waals surface area contributed by atoms with E-state index in [1.165, 1.54) is 29.2 Å². The number of nitrogens with two attached hydrogens (primary N) is 1. The highest BCUT2D eigenvalue weighted by molar-refractivity contribution is 6.32. The molecule has 600 valence electrons. The summed E-state index contributed by atoms with van der Waals surface area (Å²) in [6.07, 6.45) is 5.97. The van der Waals surface area contributed by atoms with Crippen LogP contribution in [0.15, 0.2) is 97.6 Å². The van der Waals surface area contributed by atoms with Crippen LogP contribution in [0.25, 0.3) is 0 Å². The zero-order valence-electron chi connectivity index (χ0n) is 62.3. The molecule has 0 saturated carbocycles. The van der Waals surface area contributed by atoms with Crippen molar-refractivity contribution < 1.29 is 38.9 Å². The smallest absolute Gasteiger partial charge is 0.325 e. The Morgan fingerprint density at radius 2 is 0.786 bits per heavy atom. The number of carboxylic acid groups (broad SMARTS) is 1. The molecule has 4 amide bonds. The number of hydrogen-bond donors (Lipinski definition) is 4. The molecule has 4 aliphatic heterocycles. The summed E-state index contributed by atoms with van der Waals surface area (Å²) in [5, 5.41) is 55.6. The lowest BCUT2D eigenvalue weighted by Crippen LogP contribution is -2.50. The van der Waals surface area contributed by atoms with E-state index in [0.717, 1.165) is 77.5 Å². The van der Waals surface area contributed by atoms with Crippen LogP contribution in [0.1, 0.15) is 63.3 Å². The minimum atomic E-state index is -0.865. The van der Waals surface area contributed by atoms with Gasteiger partial charge in [0.25, 0.3) is 5.91 Å². The van der Waals surface area contributed by atoms with Gasteiger partial charge >= 0.3 is 17.3 Å². The maximum atomic E-state index is 12.8. The van der Waals surface area contributed by atoms with Crippen molar-refractivity contribution in [2.75, 3.05) is 135 Å². The number of carbonyl (C=O) groups is 5. The Kier molecular flexibility index (Phi) is 32.6. The first-order chi connectivity index (χ1) is 52.4. The van der Waals surface area contributed by atoms with Crippen molar-refractivity contribution in [3.05, 3.63) is 194 Å². The zero-order chi connectivity index (χ0) is 79.6. The van der Waals surface area contributed by atoms with Crippen LogP contribution in [0, 0.1) is 75.6 Å². The number of hydrogen-bond acceptors (Lipinski definition) is 23. The molecule has 5 N–H and O–H groups in total. The molecule has 0 bridgehead atoms. The number of amides is 4. The number of piperazine rings is 4. The Balaban J connectivity index is 0.000000201. The number of nitro groups is 2. The summed E-state index contributed by atoms with van der Waals surface area (Å²) in [6.45, 7) is 25.7. The average molecular weight is 1660 g/mol. The molecular formula is C72H90Cl6N24O10. The predicted octanol–water partition coefficient (Wildman–Crippen LogP) is 9.78. The third-order valence-electron chi connectivity index (χ3n) is 17.8. The summed E-state index contributed by atoms with van der Waals surface area (Å²) in [4.78, 5) is 112. The summed E-state index contributed by atoms with van der Waals surface area (Å²) < 4.78 is 6.64. The van der Waals surface area contributed by atoms with Crippen LogP contribution in [0.2, 0.25) is 25.1 Å². The molecule has 0 atom stereocenters. The van der Waals surface area contributed by atoms with Gasteiger partial charge in [0.1, 0.15) is 26.2 Å². The first kappa shape index (κ1) is 88.7. The summed E-state index contributed by atoms with van der Waals surface area (Å²) in [5.41, 5.74) is 14.7. The lowest BCUT2D eigenvalue weighted by Gasteiger charge is -2.36. The number of rotatable bonds is 16. The molecule has 1 aromatic carbocycles. The van der Waals surface area contributed by atoms with Crippen LogP contribution < -0.4 is 36.0 Å². The number of anilines is 6. The Morgan fingerprint density at radius 3 is 1.13 bits per heavy atom. The molecule has 12 heterocycles. The molecule has 9 aromatic rings. The van der Waals surface area contributed by atoms with Gasteiger partial charge in [-0.15, -0.1) is 12.4 Å². The molecule has 0 aliphatic carbocycles. The minimum absolute atomic E-state index is 0. The number of carboxylic acids is 1. The van der Waals surface area contributed by atoms with E-state index in [1.54, 1.807) is 67.7 Å². The molecule has 112 heavy (non-hydrogen) atoms. The van der Waals surface area contributed by atoms with Gasteiger partial charge in [0, 0.05) is 175 Å². The predicted molar refractivity (Wildman–Crippen MR) is 434 cm³/mol. The summed E-state index contributed by atoms with van der Waals surface area (Å²) in [6, 6.07) is 20.4. The molecule has 40 heteroatoms. The Morgan fingerprint density at radius 1 is 0.455 bits per heavy atom. The van der Waals surface area contributed by atoms with Crippen molar-refractivity contribution in [2.24, 2.45) is 0 Å². The van der Waals surface area contributed by atoms with E-state index >= 15 is 0 Å². The third kappa shape index (κ3) is 24.8. The number of aromatic nitrogens is 12. The fraction of sp³-hybridized carbons (Fsp3) is 0.403. The van der Waals surface area contributed by atoms with Crippen molar-refractivity contribution >= 4 is 146 Å². The number of carbonyl (C=O) groups excluding carboxylic acids is 4. The van der Waals surface area contributed by atoms with Crippen LogP contribution in [0.4, 0.5) is 46.0 Å². The topological polar surface area (TPSA) is 387 Å². The molecule has 0 radical (unpaired) electrons. The van der Waals surface area contributed by atoms with Gasteiger partial charge in [-0.3, -0.25) is 62.9 Å². The second-order valence-corrected chi connectivity index (χ2v) is 28.3. The molecule has 13 rings (SSSR count). The number of nitrogen functional groups attached to an aromatic ring is 1. The molecule has 34 nitrogen and oxygen atoms in total. The monoisotopic (exact) mass is 1660 g/mol. The second kappa shape index (κ2) is 41.2. The Bertz CT molecular complexity index is 4780. The van der Waals surface area contributed by atoms with Crippen LogP contribution in [-0.4, -0.2) is 223 Å². The highest BCUT2D eigenvalue weighted by atomic mass is 35.5. The minimum Gasteiger partial charge on any atom is -0.480 e. The largest absolute Gasteiger partial charge is 0.480 e. The van der Waals surface area contributed by atoms with Crippen LogP contribution in [-0.2, 0) is 45.4 Å². The van der Waals surface area contributed by atoms with Gasteiger partial charge in [0.2, 0.25) is 29.4 Å². The highest BCUT2D eigenvalue weighted by Crippen LogP contribution is 2.32. The number of benzene rings is 1. The van der Waals surface area contributed by atoms with Gasteiger partial charge < -0.3 is 55.8 Å². The Hall–Kier alpha value is -10.5. The SMILES string of the molecule is C.Cc1cc(C)n(CC(=O)N2CCN(c3ncc(Cl)cc3N)CC2)n1.Cc1cc(C)n(CC(=O)N2CCN(c3ncc(Cl)cc3NC(=O)c3cccc(Cl)c3)CC2)n1.Cc1cc(C)n(CC(=O)N2CCN(c3ncc(Cl)cc3[N+](=O)[O-])CC2)n1.Cc1cc(C)n(CC(=O)O)n1.Cl.O=[N+]([O-])c1cc(Cl)cnc1N1CCNCC1. The van der Waals surface area contributed by atoms with Crippen LogP contribution in [0.5, 0.6) is 0 Å². The molecule has 4 saturated heterocycles. The fourth-order valence-electron chi connectivity index (χ4n) is 12.4. The van der Waals surface area contributed by atoms with E-state index in [4.69, 9.17) is 68.8 Å². The maximum Gasteiger partial charge on any atom is 0.325 e. The third-order valence-corrected chi connectivity index (χ3v) is 18.9. The average Bonchev–Trinajstić information content (AvgIpc) is 1.06. The molecule has 4 aliphatic rings. The Labute approximate surface area is 678 Å². The van der Waals surface area contributed by atoms with Crippen molar-refractivity contribution in [2.45, 2.75) is 89.0 Å². The van der Waals surface area contributed by atoms with E-state index < -0.39 is 15.8 Å². The lowest BCUT2D eigenvalue weighted by atomic mass is 10.2. The van der Waals surface area contributed by atoms with Crippen molar-refractivity contribution in [3.8, 4) is 0 Å². The van der Waals surface area contributed by atoms with Crippen molar-refractivity contribution in [3.63, 3.8) is 0 Å². The molecule has 8 aromatic heterocycles. The van der Waals surface area contributed by atoms with Gasteiger partial charge in [0.15, 0.2) is 11.6 Å². The van der Waals surface area contributed by atoms with Gasteiger partial charge in [-0.05, 0) is 110 Å². The number of nitrogens with one attached hydrogen (secondary N) is 2. The van der Waals surface area contributed by atoms with Gasteiger partial charge in [-0.2, -0.15) is 20.4 Å². The highest BCUT2D eigenvalue weighted by Gasteiger charge is 2.31. The number of halogens is 6. The van der Waals surface area contributed by atoms with Gasteiger partial charge in [0.05, 0.1) is 64.1 Å². The van der Waals surface area contributed by atoms with Gasteiger partial charge in [-0.25, -0.2) is 19.9 Å². The molecule has 4 fully saturated rings. The summed E-state index contributed by atoms with van der Waals surface area (Å²) in [5.74, 6) is 0.941. The number of aryl methyl sites for hydroxylation is 8. The van der Waals surface area contributed by atoms with Crippen LogP contribution >= 0.6 is 70.4 Å². The van der Waals surface area contributed by atoms with E-state index in [1.807, 2.05) is 104 Å². The van der Waals surface area contributed by atoms with E-state index in [9.17, 15) is 44.2 Å². The lowest BCUT2D eigenvalue weighted by molar-refractivity contribution is -0.384. The standard InChI is InChI=1S/C23H24Cl2N6O2.C16H19ClN6O3.C16H21ClN6O.C9H11ClN4O2.C7H10N2O2.CH4.ClH/c1-15-10-16(2)31(28-15)14-21(32)29-6-8-30(9-7-29)22-20(12-19(25)13-26-22)27-23(33)17-4-3-5-18(24)11-17;1-11-7-12(2)22(19-11)10-15(24)20-3-5-21(6-4-20)16-14(23(25)26)8-13(17)9-18-16;1-11-7-12(2)23(20-11)10-15(24)21-3-5-22(6-4-21)16-14(18)8-13(17)9-19-16;10-7-5-8(14(15)16)9(12-6-7)13-3-1-11-2-4-13;1-5-3-6(2)9(8-5)4-7(10)11;;/h3-5,10-13H,6-9,14H2,1-2H3,(H,27,33);7-9H,3-6,10H2,1-2H3;7-9H,3-6,10,18H2,1-2H3;5-6,11H,1-4H2;3H,4H2,1-2H3,(H,10,11);1H4;1H. The normalized spacial score (nSPS) is 14.0. The van der Waals surface area contributed by atoms with E-state index in [0.29, 0.717) is 122 Å². The van der Waals surface area contributed by atoms with E-state index in [2.05, 4.69) is 55.9 Å². The molecule has 0 unspecified atom stereocenters. The number of pyridine rings is 4. The number of nitrogens with zero attached hydrogens (tertiary/aromatic N) is 21. The number of aliphatic carboxylic acids is 1. The molecule has 0 spiro atoms. The van der Waals surface area contributed by atoms with Crippen molar-refractivity contribution in [1.82, 2.24) is 79.1 Å². The second-order valence-electron chi connectivity index (χ2n) is 26.1. The maximum absolute atomic E-state index is 12.8. The van der Waals surface area contributed by atoms with E-state index in [-0.39, 0.29) is 96.9 Å². The van der Waals surface area contributed by atoms with Gasteiger partial charge in [-0.1, -0.05) is 71.5 Å². The zero-order valence-corrected chi connectivity index (χ0v) is 66.9. The molecular weight excluding hydrogens is 1570 g/mol. The first-order valence-corrected chi connectivity index (χ1v) is 36.8. The van der Waals surface area contributed by atoms with Crippen LogP contribution in [0.3, 0.4) is 0 Å².